The van der Waals surface area contributed by atoms with E-state index in [1.807, 2.05) is 23.6 Å². The highest BCUT2D eigenvalue weighted by molar-refractivity contribution is 7.17. The number of fused-ring (bicyclic) bond motifs is 2. The van der Waals surface area contributed by atoms with Gasteiger partial charge in [0.1, 0.15) is 5.75 Å². The number of thiophene rings is 1. The normalized spacial score (nSPS) is 15.1. The number of piperidine rings is 1. The molecule has 1 aliphatic heterocycles. The lowest BCUT2D eigenvalue weighted by Gasteiger charge is -2.37. The minimum atomic E-state index is -0.268. The zero-order chi connectivity index (χ0) is 28.5. The van der Waals surface area contributed by atoms with Crippen molar-refractivity contribution in [2.45, 2.75) is 25.3 Å². The minimum Gasteiger partial charge on any atom is -0.494 e. The quantitative estimate of drug-likeness (QED) is 0.250. The van der Waals surface area contributed by atoms with Crippen molar-refractivity contribution in [1.29, 1.82) is 0 Å². The maximum Gasteiger partial charge on any atom is 0.247 e. The van der Waals surface area contributed by atoms with Crippen LogP contribution in [0.25, 0.3) is 15.8 Å². The van der Waals surface area contributed by atoms with Crippen LogP contribution in [-0.4, -0.2) is 61.1 Å². The molecule has 0 unspecified atom stereocenters. The molecule has 2 N–H and O–H groups in total. The fraction of sp³-hybridized carbons (Fsp3) is 0.281. The third-order valence-corrected chi connectivity index (χ3v) is 8.85. The maximum absolute atomic E-state index is 12.5. The summed E-state index contributed by atoms with van der Waals surface area (Å²) >= 11 is 1.65. The summed E-state index contributed by atoms with van der Waals surface area (Å²) in [7, 11) is 5.91. The maximum atomic E-state index is 12.5. The van der Waals surface area contributed by atoms with Gasteiger partial charge in [0.25, 0.3) is 0 Å². The number of benzene rings is 2. The van der Waals surface area contributed by atoms with E-state index in [0.717, 1.165) is 59.5 Å². The van der Waals surface area contributed by atoms with Crippen molar-refractivity contribution in [3.8, 4) is 5.75 Å². The van der Waals surface area contributed by atoms with E-state index in [-0.39, 0.29) is 5.91 Å². The molecule has 0 bridgehead atoms. The highest BCUT2D eigenvalue weighted by Crippen LogP contribution is 2.41. The van der Waals surface area contributed by atoms with Crippen LogP contribution in [0.3, 0.4) is 0 Å². The van der Waals surface area contributed by atoms with Crippen molar-refractivity contribution in [2.75, 3.05) is 49.8 Å². The average molecular weight is 567 g/mol. The van der Waals surface area contributed by atoms with E-state index in [1.54, 1.807) is 18.4 Å². The van der Waals surface area contributed by atoms with Crippen molar-refractivity contribution in [3.05, 3.63) is 83.4 Å². The largest absolute Gasteiger partial charge is 0.494 e. The fourth-order valence-corrected chi connectivity index (χ4v) is 6.57. The Morgan fingerprint density at radius 2 is 1.95 bits per heavy atom. The molecular weight excluding hydrogens is 532 g/mol. The van der Waals surface area contributed by atoms with Gasteiger partial charge in [0, 0.05) is 30.8 Å². The molecule has 1 amide bonds. The molecule has 2 aliphatic rings. The first-order valence-electron chi connectivity index (χ1n) is 13.8. The van der Waals surface area contributed by atoms with Gasteiger partial charge in [0.2, 0.25) is 11.9 Å². The Morgan fingerprint density at radius 1 is 1.15 bits per heavy atom. The summed E-state index contributed by atoms with van der Waals surface area (Å²) in [6.45, 7) is 5.41. The summed E-state index contributed by atoms with van der Waals surface area (Å²) in [6, 6.07) is 14.9. The Bertz CT molecular complexity index is 1650. The van der Waals surface area contributed by atoms with E-state index in [0.29, 0.717) is 29.1 Å². The first kappa shape index (κ1) is 27.0. The van der Waals surface area contributed by atoms with Gasteiger partial charge in [-0.15, -0.1) is 11.3 Å². The fourth-order valence-electron chi connectivity index (χ4n) is 5.73. The molecule has 4 aromatic rings. The van der Waals surface area contributed by atoms with E-state index in [9.17, 15) is 4.79 Å². The van der Waals surface area contributed by atoms with E-state index in [4.69, 9.17) is 14.7 Å². The van der Waals surface area contributed by atoms with Gasteiger partial charge in [-0.3, -0.25) is 4.79 Å². The SMILES string of the molecule is C=CC(=O)Nc1cc(Nc2nc(C3=CCc4ccccc43)c3sccc3n2)c(OC)cc1N1CCC(N(C)C)CC1. The zero-order valence-electron chi connectivity index (χ0n) is 23.6. The van der Waals surface area contributed by atoms with Crippen LogP contribution in [0.5, 0.6) is 5.75 Å². The number of rotatable bonds is 8. The van der Waals surface area contributed by atoms with Gasteiger partial charge in [0.15, 0.2) is 0 Å². The average Bonchev–Trinajstić information content (AvgIpc) is 3.64. The Morgan fingerprint density at radius 3 is 2.71 bits per heavy atom. The number of carbonyl (C=O) groups excluding carboxylic acids is 1. The second-order valence-corrected chi connectivity index (χ2v) is 11.5. The Balaban J connectivity index is 1.38. The molecule has 1 aliphatic carbocycles. The van der Waals surface area contributed by atoms with E-state index < -0.39 is 0 Å². The second kappa shape index (κ2) is 11.3. The smallest absolute Gasteiger partial charge is 0.247 e. The summed E-state index contributed by atoms with van der Waals surface area (Å²) in [6.07, 6.45) is 6.50. The lowest BCUT2D eigenvalue weighted by molar-refractivity contribution is -0.111. The molecule has 1 saturated heterocycles. The molecule has 2 aromatic carbocycles. The third kappa shape index (κ3) is 5.30. The standard InChI is InChI=1S/C32H34N6O2S/c1-5-29(39)33-25-18-26(28(40-4)19-27(25)38-15-12-21(13-16-38)37(2)3)35-32-34-24-14-17-41-31(24)30(36-32)23-11-10-20-8-6-7-9-22(20)23/h5-9,11,14,17-19,21H,1,10,12-13,15-16H2,2-4H3,(H,33,39)(H,34,35,36). The molecule has 6 rings (SSSR count). The third-order valence-electron chi connectivity index (χ3n) is 7.94. The van der Waals surface area contributed by atoms with Gasteiger partial charge < -0.3 is 25.2 Å². The van der Waals surface area contributed by atoms with Crippen LogP contribution in [0, 0.1) is 0 Å². The van der Waals surface area contributed by atoms with Crippen LogP contribution in [-0.2, 0) is 11.2 Å². The second-order valence-electron chi connectivity index (χ2n) is 10.6. The van der Waals surface area contributed by atoms with Crippen molar-refractivity contribution in [3.63, 3.8) is 0 Å². The van der Waals surface area contributed by atoms with Crippen molar-refractivity contribution < 1.29 is 9.53 Å². The van der Waals surface area contributed by atoms with Crippen LogP contribution >= 0.6 is 11.3 Å². The Labute approximate surface area is 244 Å². The Hall–Kier alpha value is -4.21. The summed E-state index contributed by atoms with van der Waals surface area (Å²) in [5.74, 6) is 0.845. The van der Waals surface area contributed by atoms with Crippen molar-refractivity contribution in [1.82, 2.24) is 14.9 Å². The van der Waals surface area contributed by atoms with Crippen LogP contribution in [0.15, 0.2) is 66.6 Å². The molecule has 9 heteroatoms. The summed E-state index contributed by atoms with van der Waals surface area (Å²) in [5.41, 5.74) is 7.70. The number of carbonyl (C=O) groups is 1. The molecular formula is C32H34N6O2S. The zero-order valence-corrected chi connectivity index (χ0v) is 24.4. The lowest BCUT2D eigenvalue weighted by atomic mass is 10.0. The van der Waals surface area contributed by atoms with Crippen LogP contribution in [0.1, 0.15) is 29.7 Å². The first-order chi connectivity index (χ1) is 19.9. The molecule has 8 nitrogen and oxygen atoms in total. The van der Waals surface area contributed by atoms with Gasteiger partial charge >= 0.3 is 0 Å². The number of aromatic nitrogens is 2. The van der Waals surface area contributed by atoms with Gasteiger partial charge in [-0.1, -0.05) is 36.9 Å². The number of hydrogen-bond donors (Lipinski definition) is 2. The molecule has 210 valence electrons. The number of allylic oxidation sites excluding steroid dienone is 1. The van der Waals surface area contributed by atoms with Crippen molar-refractivity contribution in [2.24, 2.45) is 0 Å². The molecule has 41 heavy (non-hydrogen) atoms. The number of hydrogen-bond acceptors (Lipinski definition) is 8. The summed E-state index contributed by atoms with van der Waals surface area (Å²) in [4.78, 5) is 26.9. The number of nitrogens with zero attached hydrogens (tertiary/aromatic N) is 4. The number of nitrogens with one attached hydrogen (secondary N) is 2. The topological polar surface area (TPSA) is 82.6 Å². The molecule has 0 radical (unpaired) electrons. The predicted octanol–water partition coefficient (Wildman–Crippen LogP) is 6.09. The molecule has 0 spiro atoms. The van der Waals surface area contributed by atoms with Crippen molar-refractivity contribution >= 4 is 56.0 Å². The van der Waals surface area contributed by atoms with Gasteiger partial charge in [-0.05, 0) is 68.1 Å². The summed E-state index contributed by atoms with van der Waals surface area (Å²) < 4.78 is 6.90. The monoisotopic (exact) mass is 566 g/mol. The minimum absolute atomic E-state index is 0.268. The molecule has 3 heterocycles. The highest BCUT2D eigenvalue weighted by atomic mass is 32.1. The lowest BCUT2D eigenvalue weighted by Crippen LogP contribution is -2.42. The molecule has 2 aromatic heterocycles. The van der Waals surface area contributed by atoms with E-state index >= 15 is 0 Å². The molecule has 0 atom stereocenters. The van der Waals surface area contributed by atoms with Crippen LogP contribution < -0.4 is 20.3 Å². The van der Waals surface area contributed by atoms with E-state index in [1.165, 1.54) is 17.2 Å². The predicted molar refractivity (Wildman–Crippen MR) is 169 cm³/mol. The van der Waals surface area contributed by atoms with Crippen LogP contribution in [0.4, 0.5) is 23.0 Å². The number of amides is 1. The number of ether oxygens (including phenoxy) is 1. The van der Waals surface area contributed by atoms with Gasteiger partial charge in [-0.25, -0.2) is 9.97 Å². The highest BCUT2D eigenvalue weighted by Gasteiger charge is 2.25. The number of anilines is 4. The van der Waals surface area contributed by atoms with Crippen LogP contribution in [0.2, 0.25) is 0 Å². The van der Waals surface area contributed by atoms with Gasteiger partial charge in [0.05, 0.1) is 40.1 Å². The molecule has 0 saturated carbocycles. The Kier molecular flexibility index (Phi) is 7.47. The first-order valence-corrected chi connectivity index (χ1v) is 14.7. The summed E-state index contributed by atoms with van der Waals surface area (Å²) in [5, 5.41) is 8.46. The number of methoxy groups -OCH3 is 1. The van der Waals surface area contributed by atoms with E-state index in [2.05, 4.69) is 71.4 Å². The molecule has 1 fully saturated rings. The van der Waals surface area contributed by atoms with Gasteiger partial charge in [-0.2, -0.15) is 0 Å².